The Morgan fingerprint density at radius 2 is 2.09 bits per heavy atom. The highest BCUT2D eigenvalue weighted by Gasteiger charge is 2.02. The summed E-state index contributed by atoms with van der Waals surface area (Å²) in [6, 6.07) is 0. The van der Waals surface area contributed by atoms with Crippen molar-refractivity contribution < 1.29 is 0 Å². The molecule has 11 heavy (non-hydrogen) atoms. The lowest BCUT2D eigenvalue weighted by atomic mass is 9.78. The highest BCUT2D eigenvalue weighted by Crippen LogP contribution is 2.02. The van der Waals surface area contributed by atoms with Crippen molar-refractivity contribution in [1.82, 2.24) is 4.92 Å². The van der Waals surface area contributed by atoms with Crippen LogP contribution in [0.4, 0.5) is 0 Å². The van der Waals surface area contributed by atoms with Gasteiger partial charge >= 0.3 is 0 Å². The molecule has 0 aliphatic rings. The second kappa shape index (κ2) is 5.71. The van der Waals surface area contributed by atoms with Crippen LogP contribution in [0.25, 0.3) is 0 Å². The third-order valence-corrected chi connectivity index (χ3v) is 1.01. The maximum atomic E-state index is 3.82. The first kappa shape index (κ1) is 9.94. The second-order valence-electron chi connectivity index (χ2n) is 2.59. The molecule has 0 saturated heterocycles. The number of nitrogens with zero attached hydrogens (tertiary/aromatic N) is 3. The van der Waals surface area contributed by atoms with Crippen LogP contribution in [0, 0.1) is 0 Å². The summed E-state index contributed by atoms with van der Waals surface area (Å²) in [5.41, 5.74) is 0. The van der Waals surface area contributed by atoms with Gasteiger partial charge in [0.2, 0.25) is 0 Å². The van der Waals surface area contributed by atoms with E-state index in [2.05, 4.69) is 37.3 Å². The minimum atomic E-state index is 0.553. The van der Waals surface area contributed by atoms with Crippen molar-refractivity contribution >= 4 is 7.41 Å². The fraction of sp³-hybridized carbons (Fsp3) is 0.429. The molecular weight excluding hydrogens is 137 g/mol. The molecule has 0 aromatic heterocycles. The zero-order valence-electron chi connectivity index (χ0n) is 7.20. The molecule has 0 aliphatic heterocycles. The van der Waals surface area contributed by atoms with Crippen molar-refractivity contribution in [3.63, 3.8) is 0 Å². The molecule has 0 aromatic carbocycles. The fourth-order valence-electron chi connectivity index (χ4n) is 0.625. The third-order valence-electron chi connectivity index (χ3n) is 1.01. The predicted molar refractivity (Wildman–Crippen MR) is 49.3 cm³/mol. The first-order valence-corrected chi connectivity index (χ1v) is 3.61. The van der Waals surface area contributed by atoms with Crippen LogP contribution in [0.15, 0.2) is 35.9 Å². The molecule has 0 spiro atoms. The Morgan fingerprint density at radius 3 is 2.45 bits per heavy atom. The molecular formula is C7H14BN3. The van der Waals surface area contributed by atoms with E-state index in [1.165, 1.54) is 6.20 Å². The van der Waals surface area contributed by atoms with E-state index >= 15 is 0 Å². The molecule has 3 nitrogen and oxygen atoms in total. The Hall–Kier alpha value is -1.06. The molecule has 0 unspecified atom stereocenters. The summed E-state index contributed by atoms with van der Waals surface area (Å²) in [6.45, 7) is 11.3. The van der Waals surface area contributed by atoms with Crippen LogP contribution in [0.1, 0.15) is 13.8 Å². The number of hydrogen-bond donors (Lipinski definition) is 0. The zero-order chi connectivity index (χ0) is 8.69. The van der Waals surface area contributed by atoms with Crippen LogP contribution in [-0.2, 0) is 0 Å². The monoisotopic (exact) mass is 151 g/mol. The van der Waals surface area contributed by atoms with E-state index in [1.54, 1.807) is 11.1 Å². The van der Waals surface area contributed by atoms with Crippen molar-refractivity contribution in [2.45, 2.75) is 19.7 Å². The predicted octanol–water partition coefficient (Wildman–Crippen LogP) is 2.12. The molecule has 0 aliphatic carbocycles. The summed E-state index contributed by atoms with van der Waals surface area (Å²) in [5.74, 6) is 0.553. The van der Waals surface area contributed by atoms with Crippen LogP contribution >= 0.6 is 0 Å². The number of hydrogen-bond acceptors (Lipinski definition) is 2. The fourth-order valence-corrected chi connectivity index (χ4v) is 0.625. The molecule has 0 atom stereocenters. The first-order valence-electron chi connectivity index (χ1n) is 3.61. The number of rotatable bonds is 5. The Balaban J connectivity index is 3.84. The standard InChI is InChI=1S/C7H14BN3/c1-5-9-10-11(6-2)8-7(3)4/h5-8H,1-2H2,3-4H3/b10-9-. The van der Waals surface area contributed by atoms with Gasteiger partial charge in [-0.1, -0.05) is 32.2 Å². The topological polar surface area (TPSA) is 28.0 Å². The van der Waals surface area contributed by atoms with Crippen molar-refractivity contribution in [1.29, 1.82) is 0 Å². The van der Waals surface area contributed by atoms with E-state index in [0.717, 1.165) is 7.41 Å². The third kappa shape index (κ3) is 5.39. The van der Waals surface area contributed by atoms with Gasteiger partial charge in [-0.15, -0.1) is 5.11 Å². The quantitative estimate of drug-likeness (QED) is 0.336. The van der Waals surface area contributed by atoms with E-state index in [1.807, 2.05) is 0 Å². The van der Waals surface area contributed by atoms with Crippen molar-refractivity contribution in [3.05, 3.63) is 25.6 Å². The molecule has 0 N–H and O–H groups in total. The van der Waals surface area contributed by atoms with E-state index in [-0.39, 0.29) is 0 Å². The van der Waals surface area contributed by atoms with E-state index < -0.39 is 0 Å². The van der Waals surface area contributed by atoms with Crippen molar-refractivity contribution in [2.24, 2.45) is 10.3 Å². The molecule has 0 aromatic rings. The Labute approximate surface area is 68.7 Å². The Bertz CT molecular complexity index is 154. The molecule has 0 radical (unpaired) electrons. The molecule has 0 rings (SSSR count). The van der Waals surface area contributed by atoms with Gasteiger partial charge in [-0.25, -0.2) is 0 Å². The molecule has 0 saturated carbocycles. The van der Waals surface area contributed by atoms with Crippen LogP contribution in [0.3, 0.4) is 0 Å². The van der Waals surface area contributed by atoms with Gasteiger partial charge in [0.25, 0.3) is 7.41 Å². The molecule has 0 heterocycles. The van der Waals surface area contributed by atoms with Crippen LogP contribution in [-0.4, -0.2) is 12.3 Å². The van der Waals surface area contributed by atoms with Gasteiger partial charge in [0, 0.05) is 12.4 Å². The summed E-state index contributed by atoms with van der Waals surface area (Å²) in [5, 5.41) is 7.46. The lowest BCUT2D eigenvalue weighted by Crippen LogP contribution is -2.16. The van der Waals surface area contributed by atoms with Crippen LogP contribution < -0.4 is 0 Å². The van der Waals surface area contributed by atoms with E-state index in [9.17, 15) is 0 Å². The smallest absolute Gasteiger partial charge is 0.271 e. The van der Waals surface area contributed by atoms with Gasteiger partial charge in [-0.3, -0.25) is 0 Å². The van der Waals surface area contributed by atoms with Gasteiger partial charge in [0.1, 0.15) is 0 Å². The molecule has 4 heteroatoms. The minimum Gasteiger partial charge on any atom is -0.304 e. The SMILES string of the molecule is C=C/N=N\N(BC(C)C)C=C. The van der Waals surface area contributed by atoms with Gasteiger partial charge in [-0.05, 0) is 5.82 Å². The summed E-state index contributed by atoms with van der Waals surface area (Å²) in [6.07, 6.45) is 3.05. The normalized spacial score (nSPS) is 10.1. The van der Waals surface area contributed by atoms with Crippen LogP contribution in [0.2, 0.25) is 5.82 Å². The molecule has 0 fully saturated rings. The summed E-state index contributed by atoms with van der Waals surface area (Å²) in [4.78, 5) is 1.69. The van der Waals surface area contributed by atoms with Crippen LogP contribution in [0.5, 0.6) is 0 Å². The average Bonchev–Trinajstić information content (AvgIpc) is 1.97. The van der Waals surface area contributed by atoms with Gasteiger partial charge in [0.05, 0.1) is 0 Å². The maximum absolute atomic E-state index is 3.82. The molecule has 0 bridgehead atoms. The zero-order valence-corrected chi connectivity index (χ0v) is 7.20. The van der Waals surface area contributed by atoms with E-state index in [4.69, 9.17) is 0 Å². The van der Waals surface area contributed by atoms with Gasteiger partial charge in [-0.2, -0.15) is 0 Å². The van der Waals surface area contributed by atoms with E-state index in [0.29, 0.717) is 5.82 Å². The highest BCUT2D eigenvalue weighted by molar-refractivity contribution is 6.34. The second-order valence-corrected chi connectivity index (χ2v) is 2.59. The minimum absolute atomic E-state index is 0.553. The lowest BCUT2D eigenvalue weighted by Gasteiger charge is -2.11. The summed E-state index contributed by atoms with van der Waals surface area (Å²) < 4.78 is 0. The highest BCUT2D eigenvalue weighted by atomic mass is 15.5. The molecule has 0 amide bonds. The largest absolute Gasteiger partial charge is 0.304 e. The van der Waals surface area contributed by atoms with Gasteiger partial charge in [0.15, 0.2) is 0 Å². The maximum Gasteiger partial charge on any atom is 0.271 e. The van der Waals surface area contributed by atoms with Crippen molar-refractivity contribution in [2.75, 3.05) is 0 Å². The lowest BCUT2D eigenvalue weighted by molar-refractivity contribution is 0.581. The van der Waals surface area contributed by atoms with Crippen molar-refractivity contribution in [3.8, 4) is 0 Å². The summed E-state index contributed by atoms with van der Waals surface area (Å²) >= 11 is 0. The summed E-state index contributed by atoms with van der Waals surface area (Å²) in [7, 11) is 0.834. The first-order chi connectivity index (χ1) is 5.20. The Kier molecular flexibility index (Phi) is 5.16. The Morgan fingerprint density at radius 1 is 1.45 bits per heavy atom. The van der Waals surface area contributed by atoms with Gasteiger partial charge < -0.3 is 4.92 Å². The average molecular weight is 151 g/mol. The molecule has 60 valence electrons.